The molecular formula is C14H20N2O. The number of ether oxygens (including phenoxy) is 1. The number of fused-ring (bicyclic) bond motifs is 1. The fraction of sp³-hybridized carbons (Fsp3) is 0.571. The summed E-state index contributed by atoms with van der Waals surface area (Å²) in [6.07, 6.45) is 3.60. The van der Waals surface area contributed by atoms with E-state index in [9.17, 15) is 0 Å². The second kappa shape index (κ2) is 4.57. The number of benzene rings is 1. The van der Waals surface area contributed by atoms with E-state index in [0.29, 0.717) is 6.04 Å². The molecule has 0 amide bonds. The third-order valence-corrected chi connectivity index (χ3v) is 3.89. The molecule has 2 aliphatic rings. The molecule has 1 unspecified atom stereocenters. The lowest BCUT2D eigenvalue weighted by Crippen LogP contribution is -2.31. The Hall–Kier alpha value is -1.22. The normalized spacial score (nSPS) is 23.0. The van der Waals surface area contributed by atoms with Crippen LogP contribution in [0.3, 0.4) is 0 Å². The lowest BCUT2D eigenvalue weighted by molar-refractivity contribution is 0.193. The summed E-state index contributed by atoms with van der Waals surface area (Å²) >= 11 is 0. The van der Waals surface area contributed by atoms with Crippen molar-refractivity contribution in [1.82, 2.24) is 0 Å². The van der Waals surface area contributed by atoms with Gasteiger partial charge in [-0.1, -0.05) is 6.07 Å². The van der Waals surface area contributed by atoms with Crippen LogP contribution in [0.15, 0.2) is 18.2 Å². The number of rotatable bonds is 2. The van der Waals surface area contributed by atoms with Crippen LogP contribution in [0, 0.1) is 0 Å². The van der Waals surface area contributed by atoms with E-state index < -0.39 is 0 Å². The highest BCUT2D eigenvalue weighted by atomic mass is 16.5. The van der Waals surface area contributed by atoms with Crippen LogP contribution in [0.5, 0.6) is 0 Å². The van der Waals surface area contributed by atoms with Crippen LogP contribution < -0.4 is 10.2 Å². The molecule has 0 saturated carbocycles. The predicted molar refractivity (Wildman–Crippen MR) is 70.9 cm³/mol. The van der Waals surface area contributed by atoms with Crippen molar-refractivity contribution in [1.29, 1.82) is 0 Å². The van der Waals surface area contributed by atoms with Crippen LogP contribution >= 0.6 is 0 Å². The van der Waals surface area contributed by atoms with Crippen LogP contribution in [-0.2, 0) is 11.2 Å². The third kappa shape index (κ3) is 2.12. The first-order chi connectivity index (χ1) is 8.34. The first-order valence-electron chi connectivity index (χ1n) is 6.52. The lowest BCUT2D eigenvalue weighted by atomic mass is 10.0. The number of nitrogens with one attached hydrogen (secondary N) is 1. The van der Waals surface area contributed by atoms with E-state index in [0.717, 1.165) is 26.2 Å². The Morgan fingerprint density at radius 2 is 2.35 bits per heavy atom. The molecule has 2 aliphatic heterocycles. The maximum absolute atomic E-state index is 5.46. The van der Waals surface area contributed by atoms with Gasteiger partial charge in [0.1, 0.15) is 0 Å². The van der Waals surface area contributed by atoms with E-state index in [4.69, 9.17) is 4.74 Å². The van der Waals surface area contributed by atoms with Gasteiger partial charge in [-0.25, -0.2) is 0 Å². The van der Waals surface area contributed by atoms with E-state index >= 15 is 0 Å². The third-order valence-electron chi connectivity index (χ3n) is 3.89. The lowest BCUT2D eigenvalue weighted by Gasteiger charge is -2.27. The summed E-state index contributed by atoms with van der Waals surface area (Å²) in [4.78, 5) is 2.35. The molecule has 1 atom stereocenters. The van der Waals surface area contributed by atoms with Crippen molar-refractivity contribution in [3.05, 3.63) is 23.8 Å². The monoisotopic (exact) mass is 232 g/mol. The van der Waals surface area contributed by atoms with Gasteiger partial charge in [0.15, 0.2) is 0 Å². The maximum atomic E-state index is 5.46. The molecule has 0 spiro atoms. The van der Waals surface area contributed by atoms with Gasteiger partial charge in [-0.05, 0) is 37.0 Å². The van der Waals surface area contributed by atoms with Crippen molar-refractivity contribution in [2.45, 2.75) is 25.3 Å². The van der Waals surface area contributed by atoms with Crippen LogP contribution in [0.2, 0.25) is 0 Å². The molecule has 3 heteroatoms. The summed E-state index contributed by atoms with van der Waals surface area (Å²) in [5.74, 6) is 0. The van der Waals surface area contributed by atoms with E-state index in [-0.39, 0.29) is 0 Å². The molecule has 0 aromatic heterocycles. The molecule has 1 aromatic carbocycles. The van der Waals surface area contributed by atoms with Gasteiger partial charge in [-0.15, -0.1) is 0 Å². The average molecular weight is 232 g/mol. The highest BCUT2D eigenvalue weighted by Gasteiger charge is 2.21. The second-order valence-electron chi connectivity index (χ2n) is 5.00. The zero-order valence-corrected chi connectivity index (χ0v) is 10.4. The predicted octanol–water partition coefficient (Wildman–Crippen LogP) is 2.27. The van der Waals surface area contributed by atoms with Crippen LogP contribution in [0.25, 0.3) is 0 Å². The van der Waals surface area contributed by atoms with Crippen molar-refractivity contribution in [2.75, 3.05) is 37.0 Å². The van der Waals surface area contributed by atoms with Crippen molar-refractivity contribution in [3.63, 3.8) is 0 Å². The molecule has 0 aliphatic carbocycles. The van der Waals surface area contributed by atoms with Gasteiger partial charge in [0.05, 0.1) is 12.6 Å². The topological polar surface area (TPSA) is 24.5 Å². The van der Waals surface area contributed by atoms with Gasteiger partial charge >= 0.3 is 0 Å². The Morgan fingerprint density at radius 3 is 3.18 bits per heavy atom. The maximum Gasteiger partial charge on any atom is 0.0670 e. The first kappa shape index (κ1) is 10.9. The zero-order valence-electron chi connectivity index (χ0n) is 10.4. The van der Waals surface area contributed by atoms with E-state index in [1.165, 1.54) is 29.8 Å². The van der Waals surface area contributed by atoms with Crippen molar-refractivity contribution in [2.24, 2.45) is 0 Å². The minimum Gasteiger partial charge on any atom is -0.385 e. The molecule has 17 heavy (non-hydrogen) atoms. The summed E-state index contributed by atoms with van der Waals surface area (Å²) in [6, 6.07) is 7.33. The highest BCUT2D eigenvalue weighted by molar-refractivity contribution is 5.63. The molecule has 3 nitrogen and oxygen atoms in total. The van der Waals surface area contributed by atoms with Gasteiger partial charge in [0.25, 0.3) is 0 Å². The summed E-state index contributed by atoms with van der Waals surface area (Å²) in [5.41, 5.74) is 4.07. The van der Waals surface area contributed by atoms with E-state index in [1.807, 2.05) is 0 Å². The van der Waals surface area contributed by atoms with Crippen LogP contribution in [0.4, 0.5) is 11.4 Å². The van der Waals surface area contributed by atoms with Gasteiger partial charge in [0, 0.05) is 31.6 Å². The zero-order chi connectivity index (χ0) is 11.7. The number of anilines is 2. The first-order valence-corrected chi connectivity index (χ1v) is 6.52. The van der Waals surface area contributed by atoms with Crippen molar-refractivity contribution >= 4 is 11.4 Å². The number of hydrogen-bond donors (Lipinski definition) is 1. The molecule has 1 saturated heterocycles. The fourth-order valence-electron chi connectivity index (χ4n) is 2.71. The number of hydrogen-bond acceptors (Lipinski definition) is 3. The van der Waals surface area contributed by atoms with Gasteiger partial charge < -0.3 is 15.0 Å². The Labute approximate surface area is 103 Å². The Morgan fingerprint density at radius 1 is 1.41 bits per heavy atom. The van der Waals surface area contributed by atoms with Gasteiger partial charge in [0.2, 0.25) is 0 Å². The summed E-state index contributed by atoms with van der Waals surface area (Å²) in [7, 11) is 2.17. The number of aryl methyl sites for hydroxylation is 1. The van der Waals surface area contributed by atoms with Crippen molar-refractivity contribution < 1.29 is 4.74 Å². The smallest absolute Gasteiger partial charge is 0.0670 e. The fourth-order valence-corrected chi connectivity index (χ4v) is 2.71. The Balaban J connectivity index is 1.82. The molecule has 0 bridgehead atoms. The van der Waals surface area contributed by atoms with E-state index in [1.54, 1.807) is 0 Å². The Kier molecular flexibility index (Phi) is 2.93. The molecule has 1 N–H and O–H groups in total. The van der Waals surface area contributed by atoms with Crippen LogP contribution in [-0.4, -0.2) is 32.8 Å². The van der Waals surface area contributed by atoms with Crippen molar-refractivity contribution in [3.8, 4) is 0 Å². The van der Waals surface area contributed by atoms with Crippen LogP contribution in [0.1, 0.15) is 18.4 Å². The molecule has 2 heterocycles. The molecule has 3 rings (SSSR count). The standard InChI is InChI=1S/C14H20N2O/c1-16(13-6-8-17-10-13)12-5-4-11-3-2-7-15-14(11)9-12/h4-5,9,13,15H,2-3,6-8,10H2,1H3. The van der Waals surface area contributed by atoms with E-state index in [2.05, 4.69) is 35.5 Å². The number of likely N-dealkylation sites (N-methyl/N-ethyl adjacent to an activating group) is 1. The molecule has 92 valence electrons. The SMILES string of the molecule is CN(c1ccc2c(c1)NCCC2)C1CCOC1. The molecule has 0 radical (unpaired) electrons. The minimum atomic E-state index is 0.539. The second-order valence-corrected chi connectivity index (χ2v) is 5.00. The largest absolute Gasteiger partial charge is 0.385 e. The van der Waals surface area contributed by atoms with Gasteiger partial charge in [-0.2, -0.15) is 0 Å². The minimum absolute atomic E-state index is 0.539. The quantitative estimate of drug-likeness (QED) is 0.846. The summed E-state index contributed by atoms with van der Waals surface area (Å²) in [6.45, 7) is 2.87. The molecule has 1 fully saturated rings. The number of nitrogens with zero attached hydrogens (tertiary/aromatic N) is 1. The molecule has 1 aromatic rings. The molecular weight excluding hydrogens is 212 g/mol. The summed E-state index contributed by atoms with van der Waals surface area (Å²) in [5, 5.41) is 3.49. The highest BCUT2D eigenvalue weighted by Crippen LogP contribution is 2.28. The average Bonchev–Trinajstić information content (AvgIpc) is 2.91. The Bertz CT molecular complexity index is 399. The summed E-state index contributed by atoms with van der Waals surface area (Å²) < 4.78 is 5.46. The van der Waals surface area contributed by atoms with Gasteiger partial charge in [-0.3, -0.25) is 0 Å².